The SMILES string of the molecule is I.NC(N)=NCc1ccccc1OC1CCC1. The van der Waals surface area contributed by atoms with Gasteiger partial charge in [-0.3, -0.25) is 0 Å². The van der Waals surface area contributed by atoms with Crippen LogP contribution in [0.3, 0.4) is 0 Å². The molecular weight excluding hydrogens is 329 g/mol. The Bertz CT molecular complexity index is 387. The molecule has 94 valence electrons. The molecule has 1 fully saturated rings. The molecule has 0 amide bonds. The van der Waals surface area contributed by atoms with Crippen LogP contribution in [0.2, 0.25) is 0 Å². The van der Waals surface area contributed by atoms with Crippen molar-refractivity contribution in [2.45, 2.75) is 31.9 Å². The van der Waals surface area contributed by atoms with Gasteiger partial charge in [0.1, 0.15) is 5.75 Å². The van der Waals surface area contributed by atoms with E-state index in [0.717, 1.165) is 24.2 Å². The molecule has 1 aliphatic carbocycles. The topological polar surface area (TPSA) is 73.6 Å². The molecule has 0 aliphatic heterocycles. The number of nitrogens with two attached hydrogens (primary N) is 2. The number of nitrogens with zero attached hydrogens (tertiary/aromatic N) is 1. The van der Waals surface area contributed by atoms with Crippen molar-refractivity contribution < 1.29 is 4.74 Å². The Morgan fingerprint density at radius 3 is 2.59 bits per heavy atom. The Morgan fingerprint density at radius 1 is 1.29 bits per heavy atom. The van der Waals surface area contributed by atoms with Crippen molar-refractivity contribution in [3.63, 3.8) is 0 Å². The number of benzene rings is 1. The van der Waals surface area contributed by atoms with Crippen LogP contribution in [-0.2, 0) is 6.54 Å². The zero-order valence-corrected chi connectivity index (χ0v) is 12.0. The Morgan fingerprint density at radius 2 is 2.00 bits per heavy atom. The van der Waals surface area contributed by atoms with Crippen molar-refractivity contribution in [3.8, 4) is 5.75 Å². The fourth-order valence-electron chi connectivity index (χ4n) is 1.59. The highest BCUT2D eigenvalue weighted by Gasteiger charge is 2.19. The van der Waals surface area contributed by atoms with Gasteiger partial charge in [0.2, 0.25) is 0 Å². The normalized spacial score (nSPS) is 14.4. The summed E-state index contributed by atoms with van der Waals surface area (Å²) in [4.78, 5) is 4.00. The third kappa shape index (κ3) is 4.07. The van der Waals surface area contributed by atoms with Crippen LogP contribution in [0.5, 0.6) is 5.75 Å². The summed E-state index contributed by atoms with van der Waals surface area (Å²) in [6, 6.07) is 7.88. The minimum Gasteiger partial charge on any atom is -0.490 e. The Hall–Kier alpha value is -0.980. The number of rotatable bonds is 4. The van der Waals surface area contributed by atoms with E-state index in [1.807, 2.05) is 24.3 Å². The average Bonchev–Trinajstić information content (AvgIpc) is 2.22. The highest BCUT2D eigenvalue weighted by molar-refractivity contribution is 14.0. The molecule has 0 bridgehead atoms. The van der Waals surface area contributed by atoms with Gasteiger partial charge < -0.3 is 16.2 Å². The van der Waals surface area contributed by atoms with E-state index in [1.165, 1.54) is 6.42 Å². The first kappa shape index (κ1) is 14.1. The lowest BCUT2D eigenvalue weighted by atomic mass is 9.96. The molecule has 0 atom stereocenters. The molecular formula is C12H18IN3O. The van der Waals surface area contributed by atoms with E-state index in [2.05, 4.69) is 4.99 Å². The number of aliphatic imine (C=N–C) groups is 1. The van der Waals surface area contributed by atoms with Crippen LogP contribution in [0, 0.1) is 0 Å². The van der Waals surface area contributed by atoms with E-state index < -0.39 is 0 Å². The standard InChI is InChI=1S/C12H17N3O.HI/c13-12(14)15-8-9-4-1-2-7-11(9)16-10-5-3-6-10;/h1-2,4,7,10H,3,5-6,8H2,(H4,13,14,15);1H. The molecule has 1 aliphatic rings. The lowest BCUT2D eigenvalue weighted by Crippen LogP contribution is -2.25. The maximum Gasteiger partial charge on any atom is 0.186 e. The summed E-state index contributed by atoms with van der Waals surface area (Å²) in [5.41, 5.74) is 11.7. The molecule has 1 aromatic rings. The molecule has 4 nitrogen and oxygen atoms in total. The second-order valence-electron chi connectivity index (χ2n) is 4.02. The molecule has 2 rings (SSSR count). The molecule has 4 N–H and O–H groups in total. The van der Waals surface area contributed by atoms with E-state index in [-0.39, 0.29) is 29.9 Å². The third-order valence-corrected chi connectivity index (χ3v) is 2.75. The summed E-state index contributed by atoms with van der Waals surface area (Å²) in [5, 5.41) is 0. The maximum absolute atomic E-state index is 5.86. The molecule has 0 saturated heterocycles. The van der Waals surface area contributed by atoms with Gasteiger partial charge in [0.15, 0.2) is 5.96 Å². The third-order valence-electron chi connectivity index (χ3n) is 2.75. The van der Waals surface area contributed by atoms with Crippen LogP contribution in [0.25, 0.3) is 0 Å². The summed E-state index contributed by atoms with van der Waals surface area (Å²) in [6.45, 7) is 0.477. The lowest BCUT2D eigenvalue weighted by molar-refractivity contribution is 0.119. The van der Waals surface area contributed by atoms with Crippen LogP contribution in [0.1, 0.15) is 24.8 Å². The molecule has 1 saturated carbocycles. The van der Waals surface area contributed by atoms with Gasteiger partial charge in [0.25, 0.3) is 0 Å². The summed E-state index contributed by atoms with van der Waals surface area (Å²) in [7, 11) is 0. The smallest absolute Gasteiger partial charge is 0.186 e. The molecule has 0 spiro atoms. The van der Waals surface area contributed by atoms with E-state index in [1.54, 1.807) is 0 Å². The fourth-order valence-corrected chi connectivity index (χ4v) is 1.59. The van der Waals surface area contributed by atoms with E-state index in [4.69, 9.17) is 16.2 Å². The van der Waals surface area contributed by atoms with Crippen molar-refractivity contribution in [2.75, 3.05) is 0 Å². The first-order valence-corrected chi connectivity index (χ1v) is 5.55. The zero-order chi connectivity index (χ0) is 11.4. The molecule has 17 heavy (non-hydrogen) atoms. The minimum absolute atomic E-state index is 0. The van der Waals surface area contributed by atoms with Gasteiger partial charge >= 0.3 is 0 Å². The van der Waals surface area contributed by atoms with E-state index in [0.29, 0.717) is 12.6 Å². The van der Waals surface area contributed by atoms with Gasteiger partial charge in [-0.05, 0) is 25.3 Å². The number of ether oxygens (including phenoxy) is 1. The predicted octanol–water partition coefficient (Wildman–Crippen LogP) is 2.01. The summed E-state index contributed by atoms with van der Waals surface area (Å²) < 4.78 is 5.86. The number of hydrogen-bond donors (Lipinski definition) is 2. The molecule has 0 heterocycles. The van der Waals surface area contributed by atoms with Crippen LogP contribution in [0.15, 0.2) is 29.3 Å². The second-order valence-corrected chi connectivity index (χ2v) is 4.02. The maximum atomic E-state index is 5.86. The Balaban J connectivity index is 0.00000144. The molecule has 0 radical (unpaired) electrons. The van der Waals surface area contributed by atoms with Crippen LogP contribution >= 0.6 is 24.0 Å². The first-order chi connectivity index (χ1) is 7.75. The van der Waals surface area contributed by atoms with Crippen molar-refractivity contribution >= 4 is 29.9 Å². The van der Waals surface area contributed by atoms with Gasteiger partial charge in [0, 0.05) is 5.56 Å². The largest absolute Gasteiger partial charge is 0.490 e. The van der Waals surface area contributed by atoms with Gasteiger partial charge in [-0.1, -0.05) is 18.2 Å². The highest BCUT2D eigenvalue weighted by atomic mass is 127. The summed E-state index contributed by atoms with van der Waals surface area (Å²) >= 11 is 0. The minimum atomic E-state index is 0. The van der Waals surface area contributed by atoms with E-state index >= 15 is 0 Å². The van der Waals surface area contributed by atoms with Crippen LogP contribution < -0.4 is 16.2 Å². The lowest BCUT2D eigenvalue weighted by Gasteiger charge is -2.27. The number of para-hydroxylation sites is 1. The monoisotopic (exact) mass is 347 g/mol. The zero-order valence-electron chi connectivity index (χ0n) is 9.63. The Kier molecular flexibility index (Phi) is 5.54. The van der Waals surface area contributed by atoms with Gasteiger partial charge in [-0.2, -0.15) is 0 Å². The number of guanidine groups is 1. The predicted molar refractivity (Wildman–Crippen MR) is 79.6 cm³/mol. The van der Waals surface area contributed by atoms with Crippen molar-refractivity contribution in [1.82, 2.24) is 0 Å². The molecule has 0 unspecified atom stereocenters. The highest BCUT2D eigenvalue weighted by Crippen LogP contribution is 2.27. The van der Waals surface area contributed by atoms with Crippen molar-refractivity contribution in [1.29, 1.82) is 0 Å². The molecule has 0 aromatic heterocycles. The van der Waals surface area contributed by atoms with Crippen LogP contribution in [-0.4, -0.2) is 12.1 Å². The summed E-state index contributed by atoms with van der Waals surface area (Å²) in [6.07, 6.45) is 3.94. The van der Waals surface area contributed by atoms with Gasteiger partial charge in [-0.25, -0.2) is 4.99 Å². The molecule has 1 aromatic carbocycles. The van der Waals surface area contributed by atoms with Crippen LogP contribution in [0.4, 0.5) is 0 Å². The van der Waals surface area contributed by atoms with Crippen molar-refractivity contribution in [3.05, 3.63) is 29.8 Å². The van der Waals surface area contributed by atoms with Gasteiger partial charge in [-0.15, -0.1) is 24.0 Å². The second kappa shape index (κ2) is 6.68. The fraction of sp³-hybridized carbons (Fsp3) is 0.417. The van der Waals surface area contributed by atoms with Crippen molar-refractivity contribution in [2.24, 2.45) is 16.5 Å². The van der Waals surface area contributed by atoms with E-state index in [9.17, 15) is 0 Å². The summed E-state index contributed by atoms with van der Waals surface area (Å²) in [5.74, 6) is 1.01. The van der Waals surface area contributed by atoms with Gasteiger partial charge in [0.05, 0.1) is 12.6 Å². The number of hydrogen-bond acceptors (Lipinski definition) is 2. The number of halogens is 1. The Labute approximate surface area is 118 Å². The quantitative estimate of drug-likeness (QED) is 0.497. The first-order valence-electron chi connectivity index (χ1n) is 5.55. The molecule has 5 heteroatoms. The average molecular weight is 347 g/mol.